The van der Waals surface area contributed by atoms with Crippen LogP contribution >= 0.6 is 0 Å². The van der Waals surface area contributed by atoms with E-state index in [1.54, 1.807) is 20.8 Å². The van der Waals surface area contributed by atoms with E-state index in [9.17, 15) is 14.4 Å². The van der Waals surface area contributed by atoms with E-state index in [1.807, 2.05) is 0 Å². The number of ether oxygens (including phenoxy) is 1. The highest BCUT2D eigenvalue weighted by Crippen LogP contribution is 2.33. The van der Waals surface area contributed by atoms with Crippen LogP contribution in [0.25, 0.3) is 0 Å². The standard InChI is InChI=1S/C12H19N3O4/c1-11(2)9(17)14-8(16)4-15(11)10(18)12(3)6-19-5-7(12)13/h7H,4-6,13H2,1-3H3,(H,14,16,17). The van der Waals surface area contributed by atoms with Crippen molar-refractivity contribution in [2.24, 2.45) is 11.1 Å². The Hall–Kier alpha value is -1.47. The van der Waals surface area contributed by atoms with Crippen LogP contribution in [0.3, 0.4) is 0 Å². The Morgan fingerprint density at radius 3 is 2.58 bits per heavy atom. The second kappa shape index (κ2) is 4.28. The van der Waals surface area contributed by atoms with Gasteiger partial charge in [0.05, 0.1) is 18.6 Å². The minimum atomic E-state index is -1.07. The van der Waals surface area contributed by atoms with E-state index in [-0.39, 0.29) is 19.1 Å². The topological polar surface area (TPSA) is 102 Å². The molecule has 2 atom stereocenters. The second-order valence-electron chi connectivity index (χ2n) is 5.87. The first kappa shape index (κ1) is 14.0. The van der Waals surface area contributed by atoms with Crippen LogP contribution in [0.1, 0.15) is 20.8 Å². The Morgan fingerprint density at radius 1 is 1.42 bits per heavy atom. The Bertz CT molecular complexity index is 448. The van der Waals surface area contributed by atoms with Crippen molar-refractivity contribution in [1.29, 1.82) is 0 Å². The molecule has 0 saturated carbocycles. The predicted molar refractivity (Wildman–Crippen MR) is 65.8 cm³/mol. The molecule has 0 aliphatic carbocycles. The van der Waals surface area contributed by atoms with Crippen LogP contribution in [-0.4, -0.2) is 54.0 Å². The molecule has 7 nitrogen and oxygen atoms in total. The molecule has 2 fully saturated rings. The molecule has 3 amide bonds. The smallest absolute Gasteiger partial charge is 0.252 e. The molecular weight excluding hydrogens is 250 g/mol. The molecule has 106 valence electrons. The van der Waals surface area contributed by atoms with Crippen LogP contribution in [0.2, 0.25) is 0 Å². The fraction of sp³-hybridized carbons (Fsp3) is 0.750. The van der Waals surface area contributed by atoms with Crippen molar-refractivity contribution in [2.45, 2.75) is 32.4 Å². The van der Waals surface area contributed by atoms with E-state index in [0.29, 0.717) is 6.61 Å². The molecule has 2 saturated heterocycles. The van der Waals surface area contributed by atoms with Gasteiger partial charge in [0.2, 0.25) is 11.8 Å². The summed E-state index contributed by atoms with van der Waals surface area (Å²) in [5.74, 6) is -1.27. The van der Waals surface area contributed by atoms with Gasteiger partial charge in [-0.15, -0.1) is 0 Å². The van der Waals surface area contributed by atoms with E-state index in [4.69, 9.17) is 10.5 Å². The normalized spacial score (nSPS) is 34.3. The number of hydrogen-bond donors (Lipinski definition) is 2. The highest BCUT2D eigenvalue weighted by Gasteiger charge is 2.52. The number of carbonyl (C=O) groups excluding carboxylic acids is 3. The lowest BCUT2D eigenvalue weighted by Gasteiger charge is -2.44. The number of nitrogens with zero attached hydrogens (tertiary/aromatic N) is 1. The van der Waals surface area contributed by atoms with Crippen molar-refractivity contribution in [3.8, 4) is 0 Å². The van der Waals surface area contributed by atoms with Gasteiger partial charge in [0.15, 0.2) is 0 Å². The van der Waals surface area contributed by atoms with Crippen LogP contribution in [0.5, 0.6) is 0 Å². The van der Waals surface area contributed by atoms with Gasteiger partial charge in [-0.1, -0.05) is 0 Å². The Morgan fingerprint density at radius 2 is 2.05 bits per heavy atom. The largest absolute Gasteiger partial charge is 0.379 e. The lowest BCUT2D eigenvalue weighted by molar-refractivity contribution is -0.161. The summed E-state index contributed by atoms with van der Waals surface area (Å²) in [4.78, 5) is 37.3. The minimum absolute atomic E-state index is 0.139. The first-order chi connectivity index (χ1) is 8.69. The fourth-order valence-corrected chi connectivity index (χ4v) is 2.33. The molecule has 2 heterocycles. The maximum Gasteiger partial charge on any atom is 0.252 e. The summed E-state index contributed by atoms with van der Waals surface area (Å²) in [5, 5.41) is 2.23. The zero-order valence-corrected chi connectivity index (χ0v) is 11.4. The SMILES string of the molecule is CC1(C(=O)N2CC(=O)NC(=O)C2(C)C)COCC1N. The quantitative estimate of drug-likeness (QED) is 0.571. The van der Waals surface area contributed by atoms with Crippen molar-refractivity contribution >= 4 is 17.7 Å². The van der Waals surface area contributed by atoms with Gasteiger partial charge in [-0.3, -0.25) is 19.7 Å². The minimum Gasteiger partial charge on any atom is -0.379 e. The molecule has 7 heteroatoms. The van der Waals surface area contributed by atoms with E-state index in [0.717, 1.165) is 0 Å². The van der Waals surface area contributed by atoms with E-state index in [1.165, 1.54) is 4.90 Å². The second-order valence-corrected chi connectivity index (χ2v) is 5.87. The molecule has 2 aliphatic heterocycles. The molecule has 2 aliphatic rings. The zero-order chi connectivity index (χ0) is 14.4. The number of hydrogen-bond acceptors (Lipinski definition) is 5. The molecule has 0 aromatic rings. The number of carbonyl (C=O) groups is 3. The Kier molecular flexibility index (Phi) is 3.14. The van der Waals surface area contributed by atoms with Gasteiger partial charge in [0, 0.05) is 6.04 Å². The van der Waals surface area contributed by atoms with E-state index >= 15 is 0 Å². The molecule has 0 bridgehead atoms. The maximum absolute atomic E-state index is 12.7. The molecule has 0 radical (unpaired) electrons. The number of nitrogens with one attached hydrogen (secondary N) is 1. The van der Waals surface area contributed by atoms with Crippen molar-refractivity contribution in [1.82, 2.24) is 10.2 Å². The third-order valence-corrected chi connectivity index (χ3v) is 4.04. The average molecular weight is 269 g/mol. The van der Waals surface area contributed by atoms with E-state index < -0.39 is 28.8 Å². The zero-order valence-electron chi connectivity index (χ0n) is 11.4. The summed E-state index contributed by atoms with van der Waals surface area (Å²) in [5.41, 5.74) is 3.95. The number of rotatable bonds is 1. The van der Waals surface area contributed by atoms with Gasteiger partial charge < -0.3 is 15.4 Å². The first-order valence-electron chi connectivity index (χ1n) is 6.19. The van der Waals surface area contributed by atoms with Crippen LogP contribution in [0, 0.1) is 5.41 Å². The number of piperazine rings is 1. The van der Waals surface area contributed by atoms with Crippen LogP contribution in [0.15, 0.2) is 0 Å². The van der Waals surface area contributed by atoms with Gasteiger partial charge in [-0.2, -0.15) is 0 Å². The average Bonchev–Trinajstić information content (AvgIpc) is 2.65. The summed E-state index contributed by atoms with van der Waals surface area (Å²) < 4.78 is 5.25. The molecule has 0 spiro atoms. The number of amides is 3. The molecule has 2 rings (SSSR count). The van der Waals surface area contributed by atoms with Gasteiger partial charge >= 0.3 is 0 Å². The van der Waals surface area contributed by atoms with E-state index in [2.05, 4.69) is 5.32 Å². The molecule has 19 heavy (non-hydrogen) atoms. The van der Waals surface area contributed by atoms with Crippen molar-refractivity contribution in [2.75, 3.05) is 19.8 Å². The van der Waals surface area contributed by atoms with Crippen molar-refractivity contribution in [3.05, 3.63) is 0 Å². The van der Waals surface area contributed by atoms with Crippen molar-refractivity contribution in [3.63, 3.8) is 0 Å². The van der Waals surface area contributed by atoms with Gasteiger partial charge in [0.25, 0.3) is 5.91 Å². The van der Waals surface area contributed by atoms with Gasteiger partial charge in [-0.05, 0) is 20.8 Å². The number of nitrogens with two attached hydrogens (primary N) is 1. The third-order valence-electron chi connectivity index (χ3n) is 4.04. The van der Waals surface area contributed by atoms with Crippen molar-refractivity contribution < 1.29 is 19.1 Å². The van der Waals surface area contributed by atoms with Gasteiger partial charge in [-0.25, -0.2) is 0 Å². The molecule has 2 unspecified atom stereocenters. The van der Waals surface area contributed by atoms with Gasteiger partial charge in [0.1, 0.15) is 12.1 Å². The van der Waals surface area contributed by atoms with Crippen LogP contribution in [-0.2, 0) is 19.1 Å². The molecule has 3 N–H and O–H groups in total. The highest BCUT2D eigenvalue weighted by molar-refractivity contribution is 6.06. The lowest BCUT2D eigenvalue weighted by Crippen LogP contribution is -2.68. The monoisotopic (exact) mass is 269 g/mol. The van der Waals surface area contributed by atoms with Crippen LogP contribution < -0.4 is 11.1 Å². The summed E-state index contributed by atoms with van der Waals surface area (Å²) in [6, 6.07) is -0.434. The third kappa shape index (κ3) is 2.02. The molecule has 0 aromatic heterocycles. The fourth-order valence-electron chi connectivity index (χ4n) is 2.33. The highest BCUT2D eigenvalue weighted by atomic mass is 16.5. The summed E-state index contributed by atoms with van der Waals surface area (Å²) in [6.07, 6.45) is 0. The predicted octanol–water partition coefficient (Wildman–Crippen LogP) is -1.39. The summed E-state index contributed by atoms with van der Waals surface area (Å²) >= 11 is 0. The summed E-state index contributed by atoms with van der Waals surface area (Å²) in [6.45, 7) is 5.29. The summed E-state index contributed by atoms with van der Waals surface area (Å²) in [7, 11) is 0. The first-order valence-corrected chi connectivity index (χ1v) is 6.19. The van der Waals surface area contributed by atoms with Crippen LogP contribution in [0.4, 0.5) is 0 Å². The Balaban J connectivity index is 2.31. The molecular formula is C12H19N3O4. The lowest BCUT2D eigenvalue weighted by atomic mass is 9.82. The number of imide groups is 1. The molecule has 0 aromatic carbocycles. The maximum atomic E-state index is 12.7. The Labute approximate surface area is 111 Å².